The number of alkyl halides is 2. The summed E-state index contributed by atoms with van der Waals surface area (Å²) >= 11 is 0. The molecule has 0 saturated heterocycles. The lowest BCUT2D eigenvalue weighted by Crippen LogP contribution is -2.31. The van der Waals surface area contributed by atoms with E-state index >= 15 is 0 Å². The van der Waals surface area contributed by atoms with Crippen LogP contribution in [0.4, 0.5) is 20.3 Å². The van der Waals surface area contributed by atoms with Crippen molar-refractivity contribution in [3.05, 3.63) is 40.6 Å². The molecule has 0 aliphatic carbocycles. The molecule has 7 heteroatoms. The van der Waals surface area contributed by atoms with Crippen LogP contribution in [0.2, 0.25) is 0 Å². The quantitative estimate of drug-likeness (QED) is 0.465. The Labute approximate surface area is 115 Å². The number of pyridine rings is 1. The Morgan fingerprint density at radius 1 is 1.60 bits per heavy atom. The molecule has 20 heavy (non-hydrogen) atoms. The Morgan fingerprint density at radius 2 is 2.25 bits per heavy atom. The molecule has 0 amide bonds. The van der Waals surface area contributed by atoms with E-state index in [-0.39, 0.29) is 5.82 Å². The fourth-order valence-electron chi connectivity index (χ4n) is 1.69. The van der Waals surface area contributed by atoms with Crippen LogP contribution in [-0.4, -0.2) is 15.4 Å². The van der Waals surface area contributed by atoms with Gasteiger partial charge in [-0.2, -0.15) is 0 Å². The molecule has 0 bridgehead atoms. The van der Waals surface area contributed by atoms with Crippen LogP contribution < -0.4 is 5.32 Å². The normalized spacial score (nSPS) is 11.4. The van der Waals surface area contributed by atoms with Gasteiger partial charge in [-0.15, -0.1) is 6.58 Å². The molecule has 0 unspecified atom stereocenters. The van der Waals surface area contributed by atoms with Crippen LogP contribution in [0.3, 0.4) is 0 Å². The van der Waals surface area contributed by atoms with E-state index in [1.807, 2.05) is 13.8 Å². The van der Waals surface area contributed by atoms with Gasteiger partial charge in [-0.1, -0.05) is 6.08 Å². The van der Waals surface area contributed by atoms with Crippen LogP contribution in [0, 0.1) is 10.1 Å². The van der Waals surface area contributed by atoms with Gasteiger partial charge in [0.05, 0.1) is 10.5 Å². The maximum Gasteiger partial charge on any atom is 0.288 e. The molecule has 0 spiro atoms. The fourth-order valence-corrected chi connectivity index (χ4v) is 1.69. The van der Waals surface area contributed by atoms with Gasteiger partial charge < -0.3 is 5.32 Å². The molecule has 0 atom stereocenters. The van der Waals surface area contributed by atoms with E-state index in [9.17, 15) is 18.9 Å². The number of allylic oxidation sites excluding steroid dienone is 1. The Hall–Kier alpha value is -2.05. The summed E-state index contributed by atoms with van der Waals surface area (Å²) in [6.45, 7) is 7.29. The van der Waals surface area contributed by atoms with Gasteiger partial charge in [0.2, 0.25) is 0 Å². The first-order valence-electron chi connectivity index (χ1n) is 6.08. The van der Waals surface area contributed by atoms with E-state index in [0.717, 1.165) is 18.7 Å². The van der Waals surface area contributed by atoms with Crippen molar-refractivity contribution < 1.29 is 13.7 Å². The minimum atomic E-state index is -2.83. The van der Waals surface area contributed by atoms with Gasteiger partial charge in [0.25, 0.3) is 12.1 Å². The van der Waals surface area contributed by atoms with Crippen molar-refractivity contribution in [3.8, 4) is 0 Å². The molecule has 1 heterocycles. The second kappa shape index (κ2) is 6.40. The number of nitro groups is 1. The SMILES string of the molecule is C=CCCC(C)(C)Nc1ncc([N+](=O)[O-])cc1C(F)F. The van der Waals surface area contributed by atoms with Crippen molar-refractivity contribution in [2.75, 3.05) is 5.32 Å². The molecule has 110 valence electrons. The number of hydrogen-bond acceptors (Lipinski definition) is 4. The molecule has 1 N–H and O–H groups in total. The standard InChI is InChI=1S/C13H17F2N3O2/c1-4-5-6-13(2,3)17-12-10(11(14)15)7-9(8-16-12)18(19)20/h4,7-8,11H,1,5-6H2,2-3H3,(H,16,17). The summed E-state index contributed by atoms with van der Waals surface area (Å²) in [6, 6.07) is 0.851. The molecule has 0 aliphatic rings. The second-order valence-electron chi connectivity index (χ2n) is 5.03. The number of nitrogens with zero attached hydrogens (tertiary/aromatic N) is 2. The van der Waals surface area contributed by atoms with Gasteiger partial charge in [0.1, 0.15) is 12.0 Å². The third-order valence-electron chi connectivity index (χ3n) is 2.78. The first-order valence-corrected chi connectivity index (χ1v) is 6.08. The van der Waals surface area contributed by atoms with Gasteiger partial charge in [-0.3, -0.25) is 10.1 Å². The van der Waals surface area contributed by atoms with E-state index in [1.54, 1.807) is 6.08 Å². The van der Waals surface area contributed by atoms with Gasteiger partial charge >= 0.3 is 0 Å². The van der Waals surface area contributed by atoms with Gasteiger partial charge in [0, 0.05) is 11.6 Å². The summed E-state index contributed by atoms with van der Waals surface area (Å²) in [5.41, 5.74) is -1.39. The average Bonchev–Trinajstić information content (AvgIpc) is 2.36. The maximum absolute atomic E-state index is 13.0. The van der Waals surface area contributed by atoms with Crippen molar-refractivity contribution >= 4 is 11.5 Å². The summed E-state index contributed by atoms with van der Waals surface area (Å²) < 4.78 is 26.0. The van der Waals surface area contributed by atoms with Crippen molar-refractivity contribution in [2.45, 2.75) is 38.7 Å². The summed E-state index contributed by atoms with van der Waals surface area (Å²) in [5.74, 6) is -0.0281. The molecule has 0 aliphatic heterocycles. The molecular weight excluding hydrogens is 268 g/mol. The zero-order valence-electron chi connectivity index (χ0n) is 11.4. The Bertz CT molecular complexity index is 504. The first kappa shape index (κ1) is 16.0. The number of aromatic nitrogens is 1. The molecule has 5 nitrogen and oxygen atoms in total. The third kappa shape index (κ3) is 4.25. The highest BCUT2D eigenvalue weighted by molar-refractivity contribution is 5.51. The predicted molar refractivity (Wildman–Crippen MR) is 73.0 cm³/mol. The highest BCUT2D eigenvalue weighted by Crippen LogP contribution is 2.31. The average molecular weight is 285 g/mol. The lowest BCUT2D eigenvalue weighted by atomic mass is 9.98. The third-order valence-corrected chi connectivity index (χ3v) is 2.78. The summed E-state index contributed by atoms with van der Waals surface area (Å²) in [7, 11) is 0. The number of anilines is 1. The van der Waals surface area contributed by atoms with E-state index in [4.69, 9.17) is 0 Å². The van der Waals surface area contributed by atoms with Crippen molar-refractivity contribution in [3.63, 3.8) is 0 Å². The molecule has 0 saturated carbocycles. The van der Waals surface area contributed by atoms with Gasteiger partial charge in [-0.25, -0.2) is 13.8 Å². The smallest absolute Gasteiger partial charge is 0.288 e. The number of rotatable bonds is 7. The van der Waals surface area contributed by atoms with Crippen LogP contribution in [0.1, 0.15) is 38.7 Å². The second-order valence-corrected chi connectivity index (χ2v) is 5.03. The van der Waals surface area contributed by atoms with Crippen LogP contribution in [0.25, 0.3) is 0 Å². The Balaban J connectivity index is 3.05. The van der Waals surface area contributed by atoms with E-state index in [0.29, 0.717) is 6.42 Å². The van der Waals surface area contributed by atoms with Crippen LogP contribution in [-0.2, 0) is 0 Å². The zero-order chi connectivity index (χ0) is 15.3. The molecule has 0 aromatic carbocycles. The highest BCUT2D eigenvalue weighted by Gasteiger charge is 2.24. The van der Waals surface area contributed by atoms with Crippen LogP contribution in [0.15, 0.2) is 24.9 Å². The van der Waals surface area contributed by atoms with E-state index < -0.39 is 28.1 Å². The summed E-state index contributed by atoms with van der Waals surface area (Å²) in [6.07, 6.45) is 1.27. The number of halogens is 2. The molecular formula is C13H17F2N3O2. The van der Waals surface area contributed by atoms with Crippen LogP contribution >= 0.6 is 0 Å². The monoisotopic (exact) mass is 285 g/mol. The van der Waals surface area contributed by atoms with Crippen molar-refractivity contribution in [1.82, 2.24) is 4.98 Å². The highest BCUT2D eigenvalue weighted by atomic mass is 19.3. The minimum absolute atomic E-state index is 0.0281. The molecule has 1 aromatic rings. The number of nitrogens with one attached hydrogen (secondary N) is 1. The topological polar surface area (TPSA) is 68.1 Å². The van der Waals surface area contributed by atoms with Crippen LogP contribution in [0.5, 0.6) is 0 Å². The molecule has 0 radical (unpaired) electrons. The molecule has 1 rings (SSSR count). The minimum Gasteiger partial charge on any atom is -0.365 e. The van der Waals surface area contributed by atoms with Gasteiger partial charge in [-0.05, 0) is 26.7 Å². The van der Waals surface area contributed by atoms with E-state index in [2.05, 4.69) is 16.9 Å². The Morgan fingerprint density at radius 3 is 2.75 bits per heavy atom. The zero-order valence-corrected chi connectivity index (χ0v) is 11.4. The van der Waals surface area contributed by atoms with Crippen molar-refractivity contribution in [2.24, 2.45) is 0 Å². The summed E-state index contributed by atoms with van der Waals surface area (Å²) in [4.78, 5) is 13.6. The first-order chi connectivity index (χ1) is 9.26. The largest absolute Gasteiger partial charge is 0.365 e. The molecule has 1 aromatic heterocycles. The summed E-state index contributed by atoms with van der Waals surface area (Å²) in [5, 5.41) is 13.5. The molecule has 0 fully saturated rings. The maximum atomic E-state index is 13.0. The number of hydrogen-bond donors (Lipinski definition) is 1. The lowest BCUT2D eigenvalue weighted by Gasteiger charge is -2.27. The predicted octanol–water partition coefficient (Wildman–Crippen LogP) is 4.08. The van der Waals surface area contributed by atoms with E-state index in [1.165, 1.54) is 0 Å². The van der Waals surface area contributed by atoms with Crippen molar-refractivity contribution in [1.29, 1.82) is 0 Å². The fraction of sp³-hybridized carbons (Fsp3) is 0.462. The lowest BCUT2D eigenvalue weighted by molar-refractivity contribution is -0.385. The Kier molecular flexibility index (Phi) is 5.12. The van der Waals surface area contributed by atoms with Gasteiger partial charge in [0.15, 0.2) is 0 Å².